The summed E-state index contributed by atoms with van der Waals surface area (Å²) in [6, 6.07) is 6.90. The first-order valence-corrected chi connectivity index (χ1v) is 7.44. The molecule has 0 aromatic heterocycles. The number of hydrogen-bond donors (Lipinski definition) is 2. The van der Waals surface area contributed by atoms with E-state index >= 15 is 0 Å². The Kier molecular flexibility index (Phi) is 7.61. The molecule has 0 aliphatic heterocycles. The van der Waals surface area contributed by atoms with Gasteiger partial charge in [-0.05, 0) is 24.1 Å². The molecule has 5 nitrogen and oxygen atoms in total. The standard InChI is InChI=1S/C15H21ClN2O3/c1-3-5-13(14(19)21-2)11-6-4-7-12(10-11)18-15(20)17-9-8-16/h4,6-7,10,13H,3,5,8-9H2,1-2H3,(H2,17,18,20). The van der Waals surface area contributed by atoms with Gasteiger partial charge in [0.1, 0.15) is 0 Å². The van der Waals surface area contributed by atoms with Crippen molar-refractivity contribution >= 4 is 29.3 Å². The van der Waals surface area contributed by atoms with Gasteiger partial charge in [0, 0.05) is 18.1 Å². The molecule has 0 aliphatic carbocycles. The maximum absolute atomic E-state index is 11.8. The number of anilines is 1. The Balaban J connectivity index is 2.82. The monoisotopic (exact) mass is 312 g/mol. The molecule has 116 valence electrons. The molecule has 1 unspecified atom stereocenters. The van der Waals surface area contributed by atoms with Crippen LogP contribution >= 0.6 is 11.6 Å². The van der Waals surface area contributed by atoms with Gasteiger partial charge in [0.2, 0.25) is 0 Å². The molecule has 0 radical (unpaired) electrons. The average Bonchev–Trinajstić information content (AvgIpc) is 2.50. The Hall–Kier alpha value is -1.75. The number of urea groups is 1. The molecule has 1 rings (SSSR count). The summed E-state index contributed by atoms with van der Waals surface area (Å²) in [5, 5.41) is 5.33. The van der Waals surface area contributed by atoms with Crippen LogP contribution < -0.4 is 10.6 Å². The van der Waals surface area contributed by atoms with Crippen LogP contribution in [-0.2, 0) is 9.53 Å². The zero-order valence-corrected chi connectivity index (χ0v) is 13.1. The van der Waals surface area contributed by atoms with E-state index in [1.54, 1.807) is 18.2 Å². The van der Waals surface area contributed by atoms with Crippen LogP contribution in [-0.4, -0.2) is 31.5 Å². The highest BCUT2D eigenvalue weighted by Gasteiger charge is 2.20. The third-order valence-corrected chi connectivity index (χ3v) is 3.18. The second-order valence-corrected chi connectivity index (χ2v) is 4.94. The molecule has 0 aliphatic rings. The second-order valence-electron chi connectivity index (χ2n) is 4.56. The number of carbonyl (C=O) groups is 2. The number of esters is 1. The normalized spacial score (nSPS) is 11.6. The van der Waals surface area contributed by atoms with Gasteiger partial charge in [-0.25, -0.2) is 4.79 Å². The third-order valence-electron chi connectivity index (χ3n) is 2.99. The van der Waals surface area contributed by atoms with Gasteiger partial charge in [-0.3, -0.25) is 4.79 Å². The molecule has 0 saturated carbocycles. The summed E-state index contributed by atoms with van der Waals surface area (Å²) in [5.74, 6) is -0.220. The number of hydrogen-bond acceptors (Lipinski definition) is 3. The zero-order chi connectivity index (χ0) is 15.7. The molecule has 0 saturated heterocycles. The lowest BCUT2D eigenvalue weighted by Crippen LogP contribution is -2.30. The second kappa shape index (κ2) is 9.23. The Morgan fingerprint density at radius 1 is 1.38 bits per heavy atom. The Morgan fingerprint density at radius 3 is 2.76 bits per heavy atom. The smallest absolute Gasteiger partial charge is 0.319 e. The van der Waals surface area contributed by atoms with Gasteiger partial charge in [-0.2, -0.15) is 0 Å². The van der Waals surface area contributed by atoms with Crippen LogP contribution in [0.15, 0.2) is 24.3 Å². The molecular formula is C15H21ClN2O3. The average molecular weight is 313 g/mol. The van der Waals surface area contributed by atoms with Crippen LogP contribution in [0.25, 0.3) is 0 Å². The summed E-state index contributed by atoms with van der Waals surface area (Å²) < 4.78 is 4.84. The lowest BCUT2D eigenvalue weighted by atomic mass is 9.94. The Labute approximate surface area is 130 Å². The van der Waals surface area contributed by atoms with Crippen molar-refractivity contribution in [1.29, 1.82) is 0 Å². The largest absolute Gasteiger partial charge is 0.469 e. The molecule has 2 N–H and O–H groups in total. The van der Waals surface area contributed by atoms with Gasteiger partial charge in [0.15, 0.2) is 0 Å². The molecule has 6 heteroatoms. The molecule has 0 spiro atoms. The van der Waals surface area contributed by atoms with E-state index in [0.29, 0.717) is 24.5 Å². The van der Waals surface area contributed by atoms with Gasteiger partial charge in [-0.1, -0.05) is 25.5 Å². The topological polar surface area (TPSA) is 67.4 Å². The van der Waals surface area contributed by atoms with Crippen molar-refractivity contribution in [2.45, 2.75) is 25.7 Å². The fourth-order valence-electron chi connectivity index (χ4n) is 2.02. The van der Waals surface area contributed by atoms with Crippen molar-refractivity contribution in [2.24, 2.45) is 0 Å². The first-order chi connectivity index (χ1) is 10.1. The van der Waals surface area contributed by atoms with Gasteiger partial charge in [-0.15, -0.1) is 11.6 Å². The van der Waals surface area contributed by atoms with E-state index in [0.717, 1.165) is 12.0 Å². The van der Waals surface area contributed by atoms with E-state index in [2.05, 4.69) is 10.6 Å². The van der Waals surface area contributed by atoms with Crippen LogP contribution in [0.3, 0.4) is 0 Å². The van der Waals surface area contributed by atoms with Crippen LogP contribution in [0, 0.1) is 0 Å². The summed E-state index contributed by atoms with van der Waals surface area (Å²) in [4.78, 5) is 23.4. The molecule has 1 atom stereocenters. The van der Waals surface area contributed by atoms with Crippen molar-refractivity contribution in [3.63, 3.8) is 0 Å². The van der Waals surface area contributed by atoms with Gasteiger partial charge >= 0.3 is 12.0 Å². The first-order valence-electron chi connectivity index (χ1n) is 6.91. The quantitative estimate of drug-likeness (QED) is 0.600. The van der Waals surface area contributed by atoms with Crippen molar-refractivity contribution in [2.75, 3.05) is 24.9 Å². The number of halogens is 1. The lowest BCUT2D eigenvalue weighted by Gasteiger charge is -2.15. The van der Waals surface area contributed by atoms with E-state index < -0.39 is 0 Å². The number of rotatable bonds is 7. The first kappa shape index (κ1) is 17.3. The minimum absolute atomic E-state index is 0.263. The summed E-state index contributed by atoms with van der Waals surface area (Å²) in [7, 11) is 1.38. The van der Waals surface area contributed by atoms with Crippen LogP contribution in [0.1, 0.15) is 31.2 Å². The highest BCUT2D eigenvalue weighted by molar-refractivity contribution is 6.18. The molecule has 1 aromatic carbocycles. The van der Waals surface area contributed by atoms with Crippen LogP contribution in [0.4, 0.5) is 10.5 Å². The molecular weight excluding hydrogens is 292 g/mol. The lowest BCUT2D eigenvalue weighted by molar-refractivity contribution is -0.142. The number of carbonyl (C=O) groups excluding carboxylic acids is 2. The maximum atomic E-state index is 11.8. The SMILES string of the molecule is CCCC(C(=O)OC)c1cccc(NC(=O)NCCCl)c1. The van der Waals surface area contributed by atoms with Gasteiger partial charge in [0.25, 0.3) is 0 Å². The minimum atomic E-state index is -0.321. The Morgan fingerprint density at radius 2 is 2.14 bits per heavy atom. The number of benzene rings is 1. The van der Waals surface area contributed by atoms with Gasteiger partial charge in [0.05, 0.1) is 13.0 Å². The number of nitrogens with one attached hydrogen (secondary N) is 2. The zero-order valence-electron chi connectivity index (χ0n) is 12.3. The van der Waals surface area contributed by atoms with E-state index in [1.807, 2.05) is 13.0 Å². The molecule has 21 heavy (non-hydrogen) atoms. The maximum Gasteiger partial charge on any atom is 0.319 e. The number of ether oxygens (including phenoxy) is 1. The molecule has 0 bridgehead atoms. The van der Waals surface area contributed by atoms with E-state index in [-0.39, 0.29) is 17.9 Å². The highest BCUT2D eigenvalue weighted by atomic mass is 35.5. The highest BCUT2D eigenvalue weighted by Crippen LogP contribution is 2.25. The van der Waals surface area contributed by atoms with Crippen molar-refractivity contribution in [1.82, 2.24) is 5.32 Å². The predicted molar refractivity (Wildman–Crippen MR) is 83.8 cm³/mol. The number of alkyl halides is 1. The fourth-order valence-corrected chi connectivity index (χ4v) is 2.12. The van der Waals surface area contributed by atoms with Crippen LogP contribution in [0.5, 0.6) is 0 Å². The summed E-state index contributed by atoms with van der Waals surface area (Å²) in [5.41, 5.74) is 1.46. The molecule has 1 aromatic rings. The van der Waals surface area contributed by atoms with E-state index in [4.69, 9.17) is 16.3 Å². The minimum Gasteiger partial charge on any atom is -0.469 e. The molecule has 0 heterocycles. The Bertz CT molecular complexity index is 480. The summed E-state index contributed by atoms with van der Waals surface area (Å²) >= 11 is 5.51. The third kappa shape index (κ3) is 5.63. The molecule has 2 amide bonds. The number of amides is 2. The summed E-state index contributed by atoms with van der Waals surface area (Å²) in [6.07, 6.45) is 1.57. The van der Waals surface area contributed by atoms with Crippen molar-refractivity contribution in [3.8, 4) is 0 Å². The van der Waals surface area contributed by atoms with Crippen molar-refractivity contribution in [3.05, 3.63) is 29.8 Å². The fraction of sp³-hybridized carbons (Fsp3) is 0.467. The van der Waals surface area contributed by atoms with E-state index in [1.165, 1.54) is 7.11 Å². The van der Waals surface area contributed by atoms with E-state index in [9.17, 15) is 9.59 Å². The molecule has 0 fully saturated rings. The predicted octanol–water partition coefficient (Wildman–Crippen LogP) is 3.10. The number of methoxy groups -OCH3 is 1. The van der Waals surface area contributed by atoms with Gasteiger partial charge < -0.3 is 15.4 Å². The van der Waals surface area contributed by atoms with Crippen LogP contribution in [0.2, 0.25) is 0 Å². The van der Waals surface area contributed by atoms with Crippen molar-refractivity contribution < 1.29 is 14.3 Å². The summed E-state index contributed by atoms with van der Waals surface area (Å²) in [6.45, 7) is 2.41.